The summed E-state index contributed by atoms with van der Waals surface area (Å²) in [4.78, 5) is 15.0. The molecular formula is C21H24N2O2S. The van der Waals surface area contributed by atoms with Gasteiger partial charge in [0.15, 0.2) is 0 Å². The second-order valence-electron chi connectivity index (χ2n) is 6.51. The molecule has 0 aliphatic rings. The van der Waals surface area contributed by atoms with Gasteiger partial charge in [-0.15, -0.1) is 11.3 Å². The molecule has 3 aromatic rings. The summed E-state index contributed by atoms with van der Waals surface area (Å²) in [6.45, 7) is 7.30. The Morgan fingerprint density at radius 1 is 1.15 bits per heavy atom. The molecule has 0 saturated heterocycles. The third-order valence-electron chi connectivity index (χ3n) is 4.63. The molecule has 3 rings (SSSR count). The van der Waals surface area contributed by atoms with Crippen LogP contribution in [-0.2, 0) is 13.0 Å². The zero-order valence-electron chi connectivity index (χ0n) is 15.4. The van der Waals surface area contributed by atoms with Gasteiger partial charge in [0.25, 0.3) is 5.56 Å². The summed E-state index contributed by atoms with van der Waals surface area (Å²) >= 11 is 1.80. The van der Waals surface area contributed by atoms with Crippen LogP contribution >= 0.6 is 11.3 Å². The van der Waals surface area contributed by atoms with Crippen molar-refractivity contribution in [2.45, 2.75) is 33.7 Å². The number of ether oxygens (including phenoxy) is 1. The minimum Gasteiger partial charge on any atom is -0.493 e. The number of aromatic nitrogens is 1. The first-order valence-corrected chi connectivity index (χ1v) is 9.49. The third-order valence-corrected chi connectivity index (χ3v) is 5.84. The summed E-state index contributed by atoms with van der Waals surface area (Å²) in [7, 11) is 0. The Labute approximate surface area is 157 Å². The molecular weight excluding hydrogens is 344 g/mol. The Hall–Kier alpha value is -2.53. The third kappa shape index (κ3) is 4.17. The van der Waals surface area contributed by atoms with Crippen LogP contribution in [0.3, 0.4) is 0 Å². The molecule has 0 aliphatic carbocycles. The van der Waals surface area contributed by atoms with Gasteiger partial charge in [-0.05, 0) is 55.7 Å². The number of thiophene rings is 1. The number of anilines is 1. The van der Waals surface area contributed by atoms with Gasteiger partial charge in [0.05, 0.1) is 13.2 Å². The molecule has 136 valence electrons. The first-order valence-electron chi connectivity index (χ1n) is 8.67. The number of benzene rings is 1. The van der Waals surface area contributed by atoms with Crippen LogP contribution in [-0.4, -0.2) is 11.2 Å². The molecule has 4 nitrogen and oxygen atoms in total. The maximum atomic E-state index is 12.4. The van der Waals surface area contributed by atoms with Crippen LogP contribution in [0.1, 0.15) is 26.4 Å². The fourth-order valence-corrected chi connectivity index (χ4v) is 3.84. The number of rotatable bonds is 6. The van der Waals surface area contributed by atoms with Gasteiger partial charge >= 0.3 is 0 Å². The molecule has 2 N–H and O–H groups in total. The highest BCUT2D eigenvalue weighted by Gasteiger charge is 2.06. The maximum absolute atomic E-state index is 12.4. The molecule has 0 atom stereocenters. The van der Waals surface area contributed by atoms with E-state index in [0.29, 0.717) is 18.9 Å². The SMILES string of the molecule is Cc1cc(CCOc2ccn(Cc3cccc(N)c3C)c(=O)c2)sc1C. The van der Waals surface area contributed by atoms with Gasteiger partial charge < -0.3 is 15.0 Å². The van der Waals surface area contributed by atoms with Crippen LogP contribution in [0.2, 0.25) is 0 Å². The van der Waals surface area contributed by atoms with Crippen LogP contribution in [0.25, 0.3) is 0 Å². The Morgan fingerprint density at radius 3 is 2.65 bits per heavy atom. The van der Waals surface area contributed by atoms with Gasteiger partial charge in [-0.1, -0.05) is 12.1 Å². The average Bonchev–Trinajstić information content (AvgIpc) is 2.92. The van der Waals surface area contributed by atoms with Crippen LogP contribution < -0.4 is 16.0 Å². The molecule has 0 bridgehead atoms. The molecule has 0 saturated carbocycles. The molecule has 0 radical (unpaired) electrons. The van der Waals surface area contributed by atoms with E-state index in [2.05, 4.69) is 19.9 Å². The number of nitrogens with two attached hydrogens (primary N) is 1. The van der Waals surface area contributed by atoms with Crippen molar-refractivity contribution in [3.63, 3.8) is 0 Å². The number of pyridine rings is 1. The van der Waals surface area contributed by atoms with Crippen molar-refractivity contribution in [2.75, 3.05) is 12.3 Å². The van der Waals surface area contributed by atoms with Gasteiger partial charge in [-0.3, -0.25) is 4.79 Å². The van der Waals surface area contributed by atoms with Gasteiger partial charge in [0, 0.05) is 34.1 Å². The monoisotopic (exact) mass is 368 g/mol. The first-order chi connectivity index (χ1) is 12.4. The van der Waals surface area contributed by atoms with E-state index in [9.17, 15) is 4.79 Å². The van der Waals surface area contributed by atoms with Crippen LogP contribution in [0.4, 0.5) is 5.69 Å². The lowest BCUT2D eigenvalue weighted by Crippen LogP contribution is -2.20. The van der Waals surface area contributed by atoms with Crippen molar-refractivity contribution in [2.24, 2.45) is 0 Å². The molecule has 0 unspecified atom stereocenters. The van der Waals surface area contributed by atoms with Gasteiger partial charge in [-0.2, -0.15) is 0 Å². The molecule has 26 heavy (non-hydrogen) atoms. The molecule has 0 aliphatic heterocycles. The zero-order chi connectivity index (χ0) is 18.7. The predicted molar refractivity (Wildman–Crippen MR) is 108 cm³/mol. The molecule has 0 fully saturated rings. The van der Waals surface area contributed by atoms with E-state index < -0.39 is 0 Å². The summed E-state index contributed by atoms with van der Waals surface area (Å²) in [5.41, 5.74) is 10.00. The zero-order valence-corrected chi connectivity index (χ0v) is 16.2. The van der Waals surface area contributed by atoms with Gasteiger partial charge in [-0.25, -0.2) is 0 Å². The standard InChI is InChI=1S/C21H24N2O2S/c1-14-11-19(26-16(14)3)8-10-25-18-7-9-23(21(24)12-18)13-17-5-4-6-20(22)15(17)2/h4-7,9,11-12H,8,10,13,22H2,1-3H3. The minimum atomic E-state index is -0.0767. The van der Waals surface area contributed by atoms with Gasteiger partial charge in [0.2, 0.25) is 0 Å². The van der Waals surface area contributed by atoms with Crippen molar-refractivity contribution in [1.82, 2.24) is 4.57 Å². The molecule has 0 amide bonds. The van der Waals surface area contributed by atoms with E-state index >= 15 is 0 Å². The molecule has 2 heterocycles. The highest BCUT2D eigenvalue weighted by atomic mass is 32.1. The Bertz CT molecular complexity index is 953. The quantitative estimate of drug-likeness (QED) is 0.667. The van der Waals surface area contributed by atoms with Crippen LogP contribution in [0.5, 0.6) is 5.75 Å². The van der Waals surface area contributed by atoms with E-state index in [1.165, 1.54) is 15.3 Å². The molecule has 2 aromatic heterocycles. The second-order valence-corrected chi connectivity index (χ2v) is 7.85. The predicted octanol–water partition coefficient (Wildman–Crippen LogP) is 4.09. The molecule has 5 heteroatoms. The second kappa shape index (κ2) is 7.79. The van der Waals surface area contributed by atoms with Crippen molar-refractivity contribution in [1.29, 1.82) is 0 Å². The summed E-state index contributed by atoms with van der Waals surface area (Å²) in [6.07, 6.45) is 2.63. The van der Waals surface area contributed by atoms with Gasteiger partial charge in [0.1, 0.15) is 5.75 Å². The van der Waals surface area contributed by atoms with Crippen LogP contribution in [0.15, 0.2) is 47.4 Å². The summed E-state index contributed by atoms with van der Waals surface area (Å²) < 4.78 is 7.43. The first kappa shape index (κ1) is 18.3. The number of aryl methyl sites for hydroxylation is 2. The highest BCUT2D eigenvalue weighted by molar-refractivity contribution is 7.12. The fourth-order valence-electron chi connectivity index (χ4n) is 2.81. The van der Waals surface area contributed by atoms with E-state index in [-0.39, 0.29) is 5.56 Å². The highest BCUT2D eigenvalue weighted by Crippen LogP contribution is 2.21. The lowest BCUT2D eigenvalue weighted by Gasteiger charge is -2.11. The maximum Gasteiger partial charge on any atom is 0.254 e. The Balaban J connectivity index is 1.64. The van der Waals surface area contributed by atoms with Crippen molar-refractivity contribution >= 4 is 17.0 Å². The van der Waals surface area contributed by atoms with Crippen molar-refractivity contribution in [3.8, 4) is 5.75 Å². The molecule has 1 aromatic carbocycles. The minimum absolute atomic E-state index is 0.0767. The lowest BCUT2D eigenvalue weighted by atomic mass is 10.1. The Kier molecular flexibility index (Phi) is 5.47. The smallest absolute Gasteiger partial charge is 0.254 e. The van der Waals surface area contributed by atoms with E-state index in [1.54, 1.807) is 28.2 Å². The normalized spacial score (nSPS) is 10.9. The largest absolute Gasteiger partial charge is 0.493 e. The summed E-state index contributed by atoms with van der Waals surface area (Å²) in [5.74, 6) is 0.612. The number of hydrogen-bond donors (Lipinski definition) is 1. The van der Waals surface area contributed by atoms with Crippen molar-refractivity contribution in [3.05, 3.63) is 79.4 Å². The number of hydrogen-bond acceptors (Lipinski definition) is 4. The summed E-state index contributed by atoms with van der Waals surface area (Å²) in [6, 6.07) is 11.4. The average molecular weight is 369 g/mol. The van der Waals surface area contributed by atoms with Crippen LogP contribution in [0, 0.1) is 20.8 Å². The topological polar surface area (TPSA) is 57.2 Å². The number of nitrogens with zero attached hydrogens (tertiary/aromatic N) is 1. The van der Waals surface area contributed by atoms with E-state index in [1.807, 2.05) is 31.2 Å². The number of nitrogen functional groups attached to an aromatic ring is 1. The van der Waals surface area contributed by atoms with E-state index in [4.69, 9.17) is 10.5 Å². The lowest BCUT2D eigenvalue weighted by molar-refractivity contribution is 0.321. The Morgan fingerprint density at radius 2 is 1.96 bits per heavy atom. The van der Waals surface area contributed by atoms with Crippen molar-refractivity contribution < 1.29 is 4.74 Å². The van der Waals surface area contributed by atoms with E-state index in [0.717, 1.165) is 23.2 Å². The summed E-state index contributed by atoms with van der Waals surface area (Å²) in [5, 5.41) is 0. The fraction of sp³-hybridized carbons (Fsp3) is 0.286. The molecule has 0 spiro atoms.